The Kier molecular flexibility index (Phi) is 24.7. The number of nitrogens with two attached hydrogens (primary N) is 2. The second-order valence-corrected chi connectivity index (χ2v) is 16.2. The molecule has 0 aliphatic heterocycles. The molecule has 0 saturated heterocycles. The molecule has 0 radical (unpaired) electrons. The lowest BCUT2D eigenvalue weighted by Gasteiger charge is -2.18. The molecule has 304 valence electrons. The van der Waals surface area contributed by atoms with Crippen LogP contribution in [-0.4, -0.2) is 85.8 Å². The second-order valence-electron chi connectivity index (χ2n) is 13.1. The molecule has 0 aromatic heterocycles. The van der Waals surface area contributed by atoms with Gasteiger partial charge in [0, 0.05) is 11.1 Å². The molecule has 54 heavy (non-hydrogen) atoms. The van der Waals surface area contributed by atoms with Gasteiger partial charge in [0.15, 0.2) is 0 Å². The van der Waals surface area contributed by atoms with E-state index in [0.717, 1.165) is 43.6 Å². The van der Waals surface area contributed by atoms with Crippen LogP contribution in [0.3, 0.4) is 0 Å². The summed E-state index contributed by atoms with van der Waals surface area (Å²) in [6, 6.07) is 14.4. The average molecular weight is 797 g/mol. The number of rotatable bonds is 14. The predicted octanol–water partition coefficient (Wildman–Crippen LogP) is 5.65. The van der Waals surface area contributed by atoms with Crippen molar-refractivity contribution in [2.24, 2.45) is 16.9 Å². The summed E-state index contributed by atoms with van der Waals surface area (Å²) in [5.41, 5.74) is 15.5. The normalized spacial score (nSPS) is 14.1. The van der Waals surface area contributed by atoms with E-state index in [1.807, 2.05) is 24.3 Å². The number of hydrogen-bond donors (Lipinski definition) is 8. The van der Waals surface area contributed by atoms with Crippen molar-refractivity contribution >= 4 is 31.9 Å². The number of allylic oxidation sites excluding steroid dienone is 6. The van der Waals surface area contributed by atoms with Crippen molar-refractivity contribution in [3.05, 3.63) is 95.1 Å². The van der Waals surface area contributed by atoms with Crippen LogP contribution in [0, 0.1) is 16.2 Å². The molecule has 1 aliphatic rings. The number of unbranched alkanes of at least 4 members (excludes halogenated alkanes) is 2. The van der Waals surface area contributed by atoms with Gasteiger partial charge in [-0.05, 0) is 113 Å². The van der Waals surface area contributed by atoms with Crippen LogP contribution in [0.15, 0.2) is 84.0 Å². The minimum absolute atomic E-state index is 0.0579. The summed E-state index contributed by atoms with van der Waals surface area (Å²) in [5.74, 6) is 0.531. The number of benzene rings is 2. The molecule has 16 heteroatoms. The molecule has 0 heterocycles. The van der Waals surface area contributed by atoms with Gasteiger partial charge in [-0.1, -0.05) is 49.3 Å². The Labute approximate surface area is 321 Å². The first-order valence-corrected chi connectivity index (χ1v) is 20.7. The average Bonchev–Trinajstić information content (AvgIpc) is 3.09. The number of aliphatic hydroxyl groups is 2. The monoisotopic (exact) mass is 796 g/mol. The first-order valence-electron chi connectivity index (χ1n) is 17.4. The van der Waals surface area contributed by atoms with E-state index < -0.39 is 45.0 Å². The van der Waals surface area contributed by atoms with Gasteiger partial charge in [0.2, 0.25) is 0 Å². The molecule has 14 nitrogen and oxygen atoms in total. The van der Waals surface area contributed by atoms with Crippen molar-refractivity contribution < 1.29 is 45.6 Å². The van der Waals surface area contributed by atoms with Crippen molar-refractivity contribution in [1.29, 1.82) is 10.8 Å². The Morgan fingerprint density at radius 1 is 0.722 bits per heavy atom. The summed E-state index contributed by atoms with van der Waals surface area (Å²) in [7, 11) is -7.85. The molecule has 0 unspecified atom stereocenters. The lowest BCUT2D eigenvalue weighted by molar-refractivity contribution is 0.279. The van der Waals surface area contributed by atoms with Crippen LogP contribution in [-0.2, 0) is 20.2 Å². The molecule has 0 saturated carbocycles. The number of ether oxygens (including phenoxy) is 2. The van der Waals surface area contributed by atoms with Gasteiger partial charge >= 0.3 is 0 Å². The first-order chi connectivity index (χ1) is 25.2. The van der Waals surface area contributed by atoms with Gasteiger partial charge in [0.1, 0.15) is 23.2 Å². The van der Waals surface area contributed by atoms with Gasteiger partial charge < -0.3 is 31.2 Å². The highest BCUT2D eigenvalue weighted by Gasteiger charge is 2.12. The molecule has 0 spiro atoms. The molecule has 10 N–H and O–H groups in total. The Hall–Kier alpha value is -4.06. The molecule has 0 amide bonds. The number of nitrogen functional groups attached to an aromatic ring is 2. The second kappa shape index (κ2) is 26.7. The Morgan fingerprint density at radius 2 is 1.15 bits per heavy atom. The summed E-state index contributed by atoms with van der Waals surface area (Å²) in [6.45, 7) is 9.33. The van der Waals surface area contributed by atoms with Crippen LogP contribution < -0.4 is 20.9 Å². The lowest BCUT2D eigenvalue weighted by atomic mass is 9.87. The summed E-state index contributed by atoms with van der Waals surface area (Å²) >= 11 is 0. The Morgan fingerprint density at radius 3 is 1.50 bits per heavy atom. The molecule has 2 aromatic carbocycles. The van der Waals surface area contributed by atoms with Crippen molar-refractivity contribution in [3.63, 3.8) is 0 Å². The lowest BCUT2D eigenvalue weighted by Crippen LogP contribution is -2.10. The van der Waals surface area contributed by atoms with Gasteiger partial charge in [-0.3, -0.25) is 19.9 Å². The van der Waals surface area contributed by atoms with E-state index in [2.05, 4.69) is 52.0 Å². The van der Waals surface area contributed by atoms with Crippen molar-refractivity contribution in [3.8, 4) is 11.5 Å². The zero-order valence-corrected chi connectivity index (χ0v) is 33.5. The third kappa shape index (κ3) is 28.4. The fraction of sp³-hybridized carbons (Fsp3) is 0.474. The van der Waals surface area contributed by atoms with Crippen molar-refractivity contribution in [2.45, 2.75) is 72.6 Å². The maximum atomic E-state index is 9.63. The molecule has 0 bridgehead atoms. The summed E-state index contributed by atoms with van der Waals surface area (Å²) in [4.78, 5) is 0. The van der Waals surface area contributed by atoms with E-state index in [1.165, 1.54) is 24.0 Å². The van der Waals surface area contributed by atoms with Gasteiger partial charge in [0.05, 0.1) is 37.9 Å². The zero-order chi connectivity index (χ0) is 41.2. The summed E-state index contributed by atoms with van der Waals surface area (Å²) in [5, 5.41) is 30.4. The van der Waals surface area contributed by atoms with E-state index in [0.29, 0.717) is 29.8 Å². The molecular weight excluding hydrogens is 737 g/mol. The third-order valence-electron chi connectivity index (χ3n) is 7.37. The highest BCUT2D eigenvalue weighted by atomic mass is 32.2. The molecule has 0 fully saturated rings. The third-order valence-corrected chi connectivity index (χ3v) is 8.77. The van der Waals surface area contributed by atoms with Crippen LogP contribution in [0.25, 0.3) is 0 Å². The molecule has 1 aliphatic carbocycles. The topological polar surface area (TPSA) is 267 Å². The summed E-state index contributed by atoms with van der Waals surface area (Å²) in [6.07, 6.45) is 17.0. The van der Waals surface area contributed by atoms with E-state index in [4.69, 9.17) is 51.1 Å². The molecular formula is C38H60N4O10S2. The van der Waals surface area contributed by atoms with Gasteiger partial charge in [-0.25, -0.2) is 0 Å². The number of nitrogens with one attached hydrogen (secondary N) is 2. The first kappa shape index (κ1) is 49.9. The van der Waals surface area contributed by atoms with Gasteiger partial charge in [0.25, 0.3) is 20.2 Å². The number of aliphatic hydroxyl groups excluding tert-OH is 2. The minimum atomic E-state index is -3.92. The standard InChI is InChI=1S/C19H24N4O2.C15H24.2C2H6O4S/c20-18(21)14-4-8-16(9-5-14)24-12-2-1-3-13-25-17-10-6-15(7-11-17)19(22)23;1-13-7-5-8-14(2)10-12-15(3,4)11-6-9-13;2*3-1-2-7(4,5)6/h4-11H,1-3,12-13H2,(H3,20,21)(H3,22,23);6-7,10-11H,5,8-9,12H2,1-4H3;2*3H,1-2H2,(H,4,5,6). The largest absolute Gasteiger partial charge is 0.494 e. The number of amidine groups is 2. The van der Waals surface area contributed by atoms with E-state index in [1.54, 1.807) is 24.3 Å². The van der Waals surface area contributed by atoms with Crippen molar-refractivity contribution in [2.75, 3.05) is 37.9 Å². The maximum absolute atomic E-state index is 9.63. The number of hydrogen-bond acceptors (Lipinski definition) is 10. The molecule has 3 rings (SSSR count). The van der Waals surface area contributed by atoms with E-state index in [9.17, 15) is 16.8 Å². The zero-order valence-electron chi connectivity index (χ0n) is 31.8. The van der Waals surface area contributed by atoms with Crippen molar-refractivity contribution in [1.82, 2.24) is 0 Å². The van der Waals surface area contributed by atoms with Gasteiger partial charge in [-0.15, -0.1) is 0 Å². The van der Waals surface area contributed by atoms with E-state index >= 15 is 0 Å². The predicted molar refractivity (Wildman–Crippen MR) is 216 cm³/mol. The SMILES string of the molecule is CC1=CCCC(C)=CCC(C)(C)C=CC1.N=C(N)c1ccc(OCCCCCOc2ccc(C(=N)N)cc2)cc1.O=S(=O)(O)CCO.O=S(=O)(O)CCO. The van der Waals surface area contributed by atoms with Crippen LogP contribution >= 0.6 is 0 Å². The van der Waals surface area contributed by atoms with Crippen LogP contribution in [0.2, 0.25) is 0 Å². The Balaban J connectivity index is 0.000000814. The highest BCUT2D eigenvalue weighted by Crippen LogP contribution is 2.26. The smallest absolute Gasteiger partial charge is 0.267 e. The van der Waals surface area contributed by atoms with E-state index in [-0.39, 0.29) is 11.7 Å². The maximum Gasteiger partial charge on any atom is 0.267 e. The molecule has 2 aromatic rings. The summed E-state index contributed by atoms with van der Waals surface area (Å²) < 4.78 is 65.5. The van der Waals surface area contributed by atoms with Crippen LogP contribution in [0.5, 0.6) is 11.5 Å². The Bertz CT molecular complexity index is 1610. The quantitative estimate of drug-likeness (QED) is 0.0379. The minimum Gasteiger partial charge on any atom is -0.494 e. The van der Waals surface area contributed by atoms with Gasteiger partial charge in [-0.2, -0.15) is 16.8 Å². The fourth-order valence-electron chi connectivity index (χ4n) is 4.25. The fourth-order valence-corrected chi connectivity index (χ4v) is 4.72. The highest BCUT2D eigenvalue weighted by molar-refractivity contribution is 7.86. The van der Waals surface area contributed by atoms with Crippen LogP contribution in [0.4, 0.5) is 0 Å². The molecule has 0 atom stereocenters. The van der Waals surface area contributed by atoms with Crippen LogP contribution in [0.1, 0.15) is 83.8 Å².